The maximum Gasteiger partial charge on any atom is 0.435 e. The Morgan fingerprint density at radius 2 is 1.93 bits per heavy atom. The molecule has 9 heteroatoms. The molecular weight excluding hydrogens is 403 g/mol. The number of carbonyl (C=O) groups is 1. The van der Waals surface area contributed by atoms with Crippen LogP contribution in [0.5, 0.6) is 0 Å². The molecule has 1 aromatic carbocycles. The van der Waals surface area contributed by atoms with Crippen LogP contribution in [0.25, 0.3) is 22.6 Å². The van der Waals surface area contributed by atoms with Crippen molar-refractivity contribution >= 4 is 17.7 Å². The molecule has 0 radical (unpaired) electrons. The fraction of sp³-hybridized carbons (Fsp3) is 0.300. The fourth-order valence-electron chi connectivity index (χ4n) is 2.85. The predicted molar refractivity (Wildman–Crippen MR) is 105 cm³/mol. The number of benzene rings is 1. The Labute approximate surface area is 170 Å². The summed E-state index contributed by atoms with van der Waals surface area (Å²) in [5.41, 5.74) is 1.21. The smallest absolute Gasteiger partial charge is 0.435 e. The van der Waals surface area contributed by atoms with E-state index in [1.165, 1.54) is 0 Å². The van der Waals surface area contributed by atoms with E-state index < -0.39 is 24.4 Å². The minimum atomic E-state index is -4.62. The second-order valence-corrected chi connectivity index (χ2v) is 7.46. The Bertz CT molecular complexity index is 995. The van der Waals surface area contributed by atoms with E-state index in [4.69, 9.17) is 4.74 Å². The highest BCUT2D eigenvalue weighted by molar-refractivity contribution is 7.99. The van der Waals surface area contributed by atoms with Crippen LogP contribution in [0.4, 0.5) is 13.2 Å². The van der Waals surface area contributed by atoms with Crippen molar-refractivity contribution in [3.8, 4) is 22.6 Å². The minimum Gasteiger partial charge on any atom is -0.465 e. The van der Waals surface area contributed by atoms with Crippen LogP contribution in [0.3, 0.4) is 0 Å². The van der Waals surface area contributed by atoms with Gasteiger partial charge in [0.05, 0.1) is 18.0 Å². The summed E-state index contributed by atoms with van der Waals surface area (Å²) in [6.07, 6.45) is -4.62. The molecule has 5 nitrogen and oxygen atoms in total. The van der Waals surface area contributed by atoms with E-state index in [-0.39, 0.29) is 12.3 Å². The standard InChI is InChI=1S/C20H20F3N3O2S/c1-3-28-19(27)12-26-17(11-18(25-26)20(21,22)23)16-9-8-15(24-16)13-6-5-7-14(10-13)29-4-2/h5-11,24H,3-4,12H2,1-2H3. The van der Waals surface area contributed by atoms with Gasteiger partial charge in [-0.2, -0.15) is 18.3 Å². The van der Waals surface area contributed by atoms with E-state index in [0.717, 1.165) is 32.7 Å². The molecule has 29 heavy (non-hydrogen) atoms. The number of aromatic nitrogens is 3. The molecule has 1 N–H and O–H groups in total. The number of rotatable bonds is 7. The number of nitrogens with one attached hydrogen (secondary N) is 1. The lowest BCUT2D eigenvalue weighted by molar-refractivity contribution is -0.146. The first-order valence-corrected chi connectivity index (χ1v) is 10.0. The molecule has 0 aliphatic carbocycles. The van der Waals surface area contributed by atoms with Gasteiger partial charge >= 0.3 is 12.1 Å². The topological polar surface area (TPSA) is 59.9 Å². The summed E-state index contributed by atoms with van der Waals surface area (Å²) < 4.78 is 45.4. The van der Waals surface area contributed by atoms with E-state index in [0.29, 0.717) is 5.69 Å². The van der Waals surface area contributed by atoms with Gasteiger partial charge in [-0.15, -0.1) is 11.8 Å². The van der Waals surface area contributed by atoms with Gasteiger partial charge in [-0.25, -0.2) is 0 Å². The lowest BCUT2D eigenvalue weighted by atomic mass is 10.2. The van der Waals surface area contributed by atoms with Crippen molar-refractivity contribution in [1.82, 2.24) is 14.8 Å². The normalized spacial score (nSPS) is 11.6. The molecule has 0 aliphatic heterocycles. The molecule has 2 aromatic heterocycles. The third kappa shape index (κ3) is 5.03. The van der Waals surface area contributed by atoms with Crippen LogP contribution < -0.4 is 0 Å². The van der Waals surface area contributed by atoms with Gasteiger partial charge in [0.2, 0.25) is 0 Å². The van der Waals surface area contributed by atoms with Crippen molar-refractivity contribution in [1.29, 1.82) is 0 Å². The minimum absolute atomic E-state index is 0.139. The van der Waals surface area contributed by atoms with E-state index in [1.54, 1.807) is 30.8 Å². The largest absolute Gasteiger partial charge is 0.465 e. The number of hydrogen-bond acceptors (Lipinski definition) is 4. The van der Waals surface area contributed by atoms with Gasteiger partial charge in [0.15, 0.2) is 5.69 Å². The Morgan fingerprint density at radius 1 is 1.17 bits per heavy atom. The molecule has 0 bridgehead atoms. The summed E-state index contributed by atoms with van der Waals surface area (Å²) in [4.78, 5) is 16.0. The summed E-state index contributed by atoms with van der Waals surface area (Å²) in [7, 11) is 0. The molecule has 2 heterocycles. The third-order valence-corrected chi connectivity index (χ3v) is 4.95. The average molecular weight is 423 g/mol. The van der Waals surface area contributed by atoms with Crippen LogP contribution in [0.15, 0.2) is 47.4 Å². The number of alkyl halides is 3. The summed E-state index contributed by atoms with van der Waals surface area (Å²) in [6, 6.07) is 12.3. The molecule has 3 rings (SSSR count). The van der Waals surface area contributed by atoms with Crippen molar-refractivity contribution in [2.45, 2.75) is 31.5 Å². The van der Waals surface area contributed by atoms with Gasteiger partial charge < -0.3 is 9.72 Å². The van der Waals surface area contributed by atoms with Gasteiger partial charge in [0, 0.05) is 10.6 Å². The maximum absolute atomic E-state index is 13.2. The second-order valence-electron chi connectivity index (χ2n) is 6.12. The quantitative estimate of drug-likeness (QED) is 0.417. The third-order valence-electron chi connectivity index (χ3n) is 4.07. The lowest BCUT2D eigenvalue weighted by Crippen LogP contribution is -2.16. The van der Waals surface area contributed by atoms with Crippen LogP contribution >= 0.6 is 11.8 Å². The summed E-state index contributed by atoms with van der Waals surface area (Å²) in [5, 5.41) is 3.57. The van der Waals surface area contributed by atoms with Crippen LogP contribution in [0, 0.1) is 0 Å². The Hall–Kier alpha value is -2.68. The van der Waals surface area contributed by atoms with Crippen LogP contribution in [-0.2, 0) is 22.3 Å². The number of halogens is 3. The van der Waals surface area contributed by atoms with Crippen LogP contribution in [0.2, 0.25) is 0 Å². The Balaban J connectivity index is 1.97. The zero-order valence-corrected chi connectivity index (χ0v) is 16.7. The molecule has 0 saturated heterocycles. The predicted octanol–water partition coefficient (Wildman–Crippen LogP) is 5.24. The number of thioether (sulfide) groups is 1. The Kier molecular flexibility index (Phi) is 6.36. The van der Waals surface area contributed by atoms with Gasteiger partial charge in [0.25, 0.3) is 0 Å². The first kappa shape index (κ1) is 21.0. The number of nitrogens with zero attached hydrogens (tertiary/aromatic N) is 2. The molecule has 0 spiro atoms. The molecular formula is C20H20F3N3O2S. The van der Waals surface area contributed by atoms with Crippen LogP contribution in [-0.4, -0.2) is 33.1 Å². The van der Waals surface area contributed by atoms with Gasteiger partial charge in [0.1, 0.15) is 6.54 Å². The van der Waals surface area contributed by atoms with Gasteiger partial charge in [-0.1, -0.05) is 19.1 Å². The summed E-state index contributed by atoms with van der Waals surface area (Å²) in [6.45, 7) is 3.43. The summed E-state index contributed by atoms with van der Waals surface area (Å²) >= 11 is 1.70. The molecule has 0 aliphatic rings. The first-order valence-electron chi connectivity index (χ1n) is 9.05. The molecule has 154 valence electrons. The van der Waals surface area contributed by atoms with Crippen molar-refractivity contribution in [3.05, 3.63) is 48.2 Å². The van der Waals surface area contributed by atoms with Crippen molar-refractivity contribution in [3.63, 3.8) is 0 Å². The second kappa shape index (κ2) is 8.77. The zero-order chi connectivity index (χ0) is 21.0. The Morgan fingerprint density at radius 3 is 2.62 bits per heavy atom. The highest BCUT2D eigenvalue weighted by atomic mass is 32.2. The van der Waals surface area contributed by atoms with Gasteiger partial charge in [-0.05, 0) is 48.6 Å². The van der Waals surface area contributed by atoms with E-state index in [2.05, 4.69) is 17.0 Å². The van der Waals surface area contributed by atoms with E-state index in [1.807, 2.05) is 24.3 Å². The van der Waals surface area contributed by atoms with Crippen molar-refractivity contribution in [2.75, 3.05) is 12.4 Å². The van der Waals surface area contributed by atoms with E-state index >= 15 is 0 Å². The highest BCUT2D eigenvalue weighted by Gasteiger charge is 2.35. The number of carbonyl (C=O) groups excluding carboxylic acids is 1. The van der Waals surface area contributed by atoms with Crippen molar-refractivity contribution < 1.29 is 22.7 Å². The average Bonchev–Trinajstić information content (AvgIpc) is 3.29. The number of aromatic amines is 1. The molecule has 0 atom stereocenters. The lowest BCUT2D eigenvalue weighted by Gasteiger charge is -2.06. The molecule has 0 fully saturated rings. The monoisotopic (exact) mass is 423 g/mol. The first-order chi connectivity index (χ1) is 13.8. The molecule has 0 amide bonds. The zero-order valence-electron chi connectivity index (χ0n) is 15.9. The maximum atomic E-state index is 13.2. The summed E-state index contributed by atoms with van der Waals surface area (Å²) in [5.74, 6) is 0.286. The number of esters is 1. The number of hydrogen-bond donors (Lipinski definition) is 1. The molecule has 0 unspecified atom stereocenters. The van der Waals surface area contributed by atoms with Crippen LogP contribution in [0.1, 0.15) is 19.5 Å². The molecule has 3 aromatic rings. The van der Waals surface area contributed by atoms with Gasteiger partial charge in [-0.3, -0.25) is 9.48 Å². The fourth-order valence-corrected chi connectivity index (χ4v) is 3.57. The SMILES string of the molecule is CCOC(=O)Cn1nc(C(F)(F)F)cc1-c1ccc(-c2cccc(SCC)c2)[nH]1. The number of ether oxygens (including phenoxy) is 1. The van der Waals surface area contributed by atoms with E-state index in [9.17, 15) is 18.0 Å². The van der Waals surface area contributed by atoms with Crippen molar-refractivity contribution in [2.24, 2.45) is 0 Å². The molecule has 0 saturated carbocycles. The number of H-pyrrole nitrogens is 1. The highest BCUT2D eigenvalue weighted by Crippen LogP contribution is 2.33.